The second kappa shape index (κ2) is 7.89. The summed E-state index contributed by atoms with van der Waals surface area (Å²) in [5.74, 6) is 1.03. The van der Waals surface area contributed by atoms with Crippen LogP contribution < -0.4 is 5.32 Å². The predicted molar refractivity (Wildman–Crippen MR) is 91.1 cm³/mol. The van der Waals surface area contributed by atoms with Crippen molar-refractivity contribution >= 4 is 17.6 Å². The van der Waals surface area contributed by atoms with Gasteiger partial charge in [-0.15, -0.1) is 0 Å². The van der Waals surface area contributed by atoms with E-state index >= 15 is 0 Å². The van der Waals surface area contributed by atoms with Crippen molar-refractivity contribution in [1.29, 1.82) is 0 Å². The van der Waals surface area contributed by atoms with E-state index in [0.29, 0.717) is 43.2 Å². The van der Waals surface area contributed by atoms with Crippen molar-refractivity contribution in [2.24, 2.45) is 0 Å². The van der Waals surface area contributed by atoms with Gasteiger partial charge in [-0.25, -0.2) is 0 Å². The molecule has 0 atom stereocenters. The number of nitrogens with one attached hydrogen (secondary N) is 1. The molecule has 3 heterocycles. The number of amides is 2. The summed E-state index contributed by atoms with van der Waals surface area (Å²) in [4.78, 5) is 32.3. The van der Waals surface area contributed by atoms with Crippen LogP contribution >= 0.6 is 0 Å². The highest BCUT2D eigenvalue weighted by molar-refractivity contribution is 5.94. The summed E-state index contributed by atoms with van der Waals surface area (Å²) in [6.45, 7) is 5.26. The standard InChI is InChI=1S/C17H21N5O3/c1-13-12-15(20-25-13)19-16(23)4-7-21-8-10-22(11-9-21)17(24)14-2-5-18-6-3-14/h2-3,5-6,12H,4,7-11H2,1H3,(H,19,20,23). The third kappa shape index (κ3) is 4.63. The average molecular weight is 343 g/mol. The molecular formula is C17H21N5O3. The molecule has 8 heteroatoms. The van der Waals surface area contributed by atoms with Gasteiger partial charge in [0.1, 0.15) is 5.76 Å². The zero-order valence-corrected chi connectivity index (χ0v) is 14.1. The van der Waals surface area contributed by atoms with E-state index < -0.39 is 0 Å². The third-order valence-electron chi connectivity index (χ3n) is 4.14. The van der Waals surface area contributed by atoms with Crippen LogP contribution in [0.25, 0.3) is 0 Å². The van der Waals surface area contributed by atoms with Gasteiger partial charge in [0.25, 0.3) is 5.91 Å². The first-order valence-corrected chi connectivity index (χ1v) is 8.26. The van der Waals surface area contributed by atoms with Crippen LogP contribution in [0.1, 0.15) is 22.5 Å². The maximum atomic E-state index is 12.4. The molecule has 0 radical (unpaired) electrons. The smallest absolute Gasteiger partial charge is 0.254 e. The van der Waals surface area contributed by atoms with E-state index in [9.17, 15) is 9.59 Å². The van der Waals surface area contributed by atoms with Gasteiger partial charge in [0, 0.05) is 63.2 Å². The van der Waals surface area contributed by atoms with E-state index in [1.807, 2.05) is 4.90 Å². The molecule has 2 aromatic rings. The molecule has 1 N–H and O–H groups in total. The zero-order chi connectivity index (χ0) is 17.6. The minimum absolute atomic E-state index is 0.0289. The minimum Gasteiger partial charge on any atom is -0.360 e. The van der Waals surface area contributed by atoms with Crippen LogP contribution in [-0.4, -0.2) is 64.5 Å². The van der Waals surface area contributed by atoms with E-state index in [-0.39, 0.29) is 11.8 Å². The van der Waals surface area contributed by atoms with Gasteiger partial charge in [-0.1, -0.05) is 5.16 Å². The molecule has 0 spiro atoms. The number of anilines is 1. The molecule has 132 valence electrons. The van der Waals surface area contributed by atoms with Crippen molar-refractivity contribution in [3.63, 3.8) is 0 Å². The molecule has 2 amide bonds. The number of carbonyl (C=O) groups is 2. The van der Waals surface area contributed by atoms with Crippen LogP contribution in [0.15, 0.2) is 35.1 Å². The second-order valence-electron chi connectivity index (χ2n) is 5.99. The molecule has 1 saturated heterocycles. The molecule has 0 aliphatic carbocycles. The van der Waals surface area contributed by atoms with Gasteiger partial charge in [-0.3, -0.25) is 19.5 Å². The molecule has 2 aromatic heterocycles. The second-order valence-corrected chi connectivity index (χ2v) is 5.99. The third-order valence-corrected chi connectivity index (χ3v) is 4.14. The molecule has 0 unspecified atom stereocenters. The largest absolute Gasteiger partial charge is 0.360 e. The molecular weight excluding hydrogens is 322 g/mol. The maximum absolute atomic E-state index is 12.4. The Labute approximate surface area is 145 Å². The fourth-order valence-electron chi connectivity index (χ4n) is 2.74. The Bertz CT molecular complexity index is 723. The topological polar surface area (TPSA) is 91.6 Å². The summed E-state index contributed by atoms with van der Waals surface area (Å²) in [6.07, 6.45) is 3.63. The van der Waals surface area contributed by atoms with Gasteiger partial charge in [-0.05, 0) is 19.1 Å². The molecule has 1 aliphatic rings. The lowest BCUT2D eigenvalue weighted by molar-refractivity contribution is -0.116. The van der Waals surface area contributed by atoms with Gasteiger partial charge in [0.15, 0.2) is 5.82 Å². The minimum atomic E-state index is -0.0939. The summed E-state index contributed by atoms with van der Waals surface area (Å²) in [5.41, 5.74) is 0.658. The van der Waals surface area contributed by atoms with E-state index in [1.54, 1.807) is 37.5 Å². The lowest BCUT2D eigenvalue weighted by atomic mass is 10.2. The number of rotatable bonds is 5. The normalized spacial score (nSPS) is 15.2. The number of carbonyl (C=O) groups excluding carboxylic acids is 2. The molecule has 8 nitrogen and oxygen atoms in total. The molecule has 0 saturated carbocycles. The van der Waals surface area contributed by atoms with Gasteiger partial charge in [-0.2, -0.15) is 0 Å². The van der Waals surface area contributed by atoms with Crippen LogP contribution in [0.5, 0.6) is 0 Å². The van der Waals surface area contributed by atoms with Crippen molar-refractivity contribution in [3.8, 4) is 0 Å². The van der Waals surface area contributed by atoms with Gasteiger partial charge < -0.3 is 14.7 Å². The van der Waals surface area contributed by atoms with Crippen molar-refractivity contribution in [2.45, 2.75) is 13.3 Å². The van der Waals surface area contributed by atoms with Crippen LogP contribution in [0.2, 0.25) is 0 Å². The molecule has 0 aromatic carbocycles. The number of piperazine rings is 1. The van der Waals surface area contributed by atoms with Gasteiger partial charge >= 0.3 is 0 Å². The number of aryl methyl sites for hydroxylation is 1. The highest BCUT2D eigenvalue weighted by Gasteiger charge is 2.22. The van der Waals surface area contributed by atoms with Crippen LogP contribution in [0, 0.1) is 6.92 Å². The van der Waals surface area contributed by atoms with Crippen molar-refractivity contribution in [2.75, 3.05) is 38.0 Å². The summed E-state index contributed by atoms with van der Waals surface area (Å²) < 4.78 is 4.91. The van der Waals surface area contributed by atoms with Crippen LogP contribution in [-0.2, 0) is 4.79 Å². The van der Waals surface area contributed by atoms with E-state index in [0.717, 1.165) is 13.1 Å². The SMILES string of the molecule is Cc1cc(NC(=O)CCN2CCN(C(=O)c3ccncc3)CC2)no1. The van der Waals surface area contributed by atoms with Gasteiger partial charge in [0.2, 0.25) is 5.91 Å². The highest BCUT2D eigenvalue weighted by Crippen LogP contribution is 2.10. The first-order chi connectivity index (χ1) is 12.1. The van der Waals surface area contributed by atoms with E-state index in [2.05, 4.69) is 20.4 Å². The molecule has 1 fully saturated rings. The maximum Gasteiger partial charge on any atom is 0.254 e. The average Bonchev–Trinajstić information content (AvgIpc) is 3.05. The number of hydrogen-bond acceptors (Lipinski definition) is 6. The van der Waals surface area contributed by atoms with Crippen LogP contribution in [0.3, 0.4) is 0 Å². The molecule has 3 rings (SSSR count). The fraction of sp³-hybridized carbons (Fsp3) is 0.412. The number of hydrogen-bond donors (Lipinski definition) is 1. The quantitative estimate of drug-likeness (QED) is 0.876. The Balaban J connectivity index is 1.40. The summed E-state index contributed by atoms with van der Waals surface area (Å²) >= 11 is 0. The van der Waals surface area contributed by atoms with Crippen LogP contribution in [0.4, 0.5) is 5.82 Å². The number of pyridine rings is 1. The van der Waals surface area contributed by atoms with E-state index in [1.165, 1.54) is 0 Å². The van der Waals surface area contributed by atoms with E-state index in [4.69, 9.17) is 4.52 Å². The van der Waals surface area contributed by atoms with Gasteiger partial charge in [0.05, 0.1) is 0 Å². The summed E-state index contributed by atoms with van der Waals surface area (Å²) in [5, 5.41) is 6.45. The van der Waals surface area contributed by atoms with Crippen molar-refractivity contribution in [3.05, 3.63) is 41.9 Å². The highest BCUT2D eigenvalue weighted by atomic mass is 16.5. The van der Waals surface area contributed by atoms with Crippen molar-refractivity contribution in [1.82, 2.24) is 19.9 Å². The first-order valence-electron chi connectivity index (χ1n) is 8.26. The Morgan fingerprint density at radius 3 is 2.56 bits per heavy atom. The number of nitrogens with zero attached hydrogens (tertiary/aromatic N) is 4. The predicted octanol–water partition coefficient (Wildman–Crippen LogP) is 1.16. The Morgan fingerprint density at radius 1 is 1.20 bits per heavy atom. The fourth-order valence-corrected chi connectivity index (χ4v) is 2.74. The number of aromatic nitrogens is 2. The summed E-state index contributed by atoms with van der Waals surface area (Å²) in [7, 11) is 0. The monoisotopic (exact) mass is 343 g/mol. The van der Waals surface area contributed by atoms with Crippen molar-refractivity contribution < 1.29 is 14.1 Å². The lowest BCUT2D eigenvalue weighted by Gasteiger charge is -2.34. The molecule has 25 heavy (non-hydrogen) atoms. The Morgan fingerprint density at radius 2 is 1.92 bits per heavy atom. The Hall–Kier alpha value is -2.74. The molecule has 0 bridgehead atoms. The zero-order valence-electron chi connectivity index (χ0n) is 14.1. The Kier molecular flexibility index (Phi) is 5.39. The molecule has 1 aliphatic heterocycles. The summed E-state index contributed by atoms with van der Waals surface area (Å²) in [6, 6.07) is 5.14. The lowest BCUT2D eigenvalue weighted by Crippen LogP contribution is -2.49. The first kappa shape index (κ1) is 17.1.